The predicted molar refractivity (Wildman–Crippen MR) is 127 cm³/mol. The number of amides is 2. The molecule has 0 radical (unpaired) electrons. The van der Waals surface area contributed by atoms with Gasteiger partial charge >= 0.3 is 0 Å². The number of carbonyl (C=O) groups is 2. The fourth-order valence-corrected chi connectivity index (χ4v) is 4.33. The minimum Gasteiger partial charge on any atom is -0.377 e. The molecule has 1 saturated carbocycles. The van der Waals surface area contributed by atoms with Crippen molar-refractivity contribution in [2.24, 2.45) is 0 Å². The summed E-state index contributed by atoms with van der Waals surface area (Å²) < 4.78 is 0. The molecule has 0 saturated heterocycles. The van der Waals surface area contributed by atoms with Gasteiger partial charge in [-0.2, -0.15) is 0 Å². The molecule has 1 aromatic heterocycles. The molecule has 160 valence electrons. The van der Waals surface area contributed by atoms with Crippen LogP contribution >= 0.6 is 11.3 Å². The van der Waals surface area contributed by atoms with E-state index in [0.29, 0.717) is 11.4 Å². The van der Waals surface area contributed by atoms with Crippen LogP contribution in [-0.4, -0.2) is 36.9 Å². The molecule has 2 amide bonds. The Bertz CT molecular complexity index is 1090. The van der Waals surface area contributed by atoms with E-state index in [4.69, 9.17) is 0 Å². The minimum absolute atomic E-state index is 0.0592. The lowest BCUT2D eigenvalue weighted by Gasteiger charge is -2.26. The third-order valence-corrected chi connectivity index (χ3v) is 6.29. The average molecular weight is 434 g/mol. The highest BCUT2D eigenvalue weighted by Gasteiger charge is 2.33. The highest BCUT2D eigenvalue weighted by atomic mass is 32.1. The summed E-state index contributed by atoms with van der Waals surface area (Å²) in [6, 6.07) is 17.6. The van der Waals surface area contributed by atoms with E-state index in [1.807, 2.05) is 90.8 Å². The summed E-state index contributed by atoms with van der Waals surface area (Å²) in [6.07, 6.45) is 2.06. The van der Waals surface area contributed by atoms with Crippen LogP contribution in [0, 0.1) is 6.92 Å². The summed E-state index contributed by atoms with van der Waals surface area (Å²) in [4.78, 5) is 30.5. The van der Waals surface area contributed by atoms with Crippen LogP contribution in [-0.2, 0) is 6.54 Å². The molecule has 0 bridgehead atoms. The van der Waals surface area contributed by atoms with Gasteiger partial charge in [-0.05, 0) is 67.1 Å². The second-order valence-electron chi connectivity index (χ2n) is 8.20. The van der Waals surface area contributed by atoms with Crippen molar-refractivity contribution in [1.29, 1.82) is 0 Å². The van der Waals surface area contributed by atoms with Gasteiger partial charge in [0.2, 0.25) is 0 Å². The largest absolute Gasteiger partial charge is 0.377 e. The van der Waals surface area contributed by atoms with Crippen LogP contribution in [0.2, 0.25) is 0 Å². The maximum absolute atomic E-state index is 13.3. The summed E-state index contributed by atoms with van der Waals surface area (Å²) in [5.74, 6) is -0.0580. The van der Waals surface area contributed by atoms with Crippen LogP contribution in [0.5, 0.6) is 0 Å². The number of hydrogen-bond donors (Lipinski definition) is 1. The van der Waals surface area contributed by atoms with Gasteiger partial charge in [0.1, 0.15) is 0 Å². The van der Waals surface area contributed by atoms with Gasteiger partial charge in [-0.25, -0.2) is 0 Å². The first-order valence-electron chi connectivity index (χ1n) is 10.4. The lowest BCUT2D eigenvalue weighted by Crippen LogP contribution is -2.33. The molecular weight excluding hydrogens is 406 g/mol. The quantitative estimate of drug-likeness (QED) is 0.559. The van der Waals surface area contributed by atoms with Crippen molar-refractivity contribution < 1.29 is 9.59 Å². The third-order valence-electron chi connectivity index (χ3n) is 5.42. The molecule has 3 aromatic rings. The van der Waals surface area contributed by atoms with Crippen molar-refractivity contribution in [3.63, 3.8) is 0 Å². The summed E-state index contributed by atoms with van der Waals surface area (Å²) >= 11 is 1.41. The van der Waals surface area contributed by atoms with Crippen molar-refractivity contribution in [3.05, 3.63) is 81.5 Å². The van der Waals surface area contributed by atoms with E-state index >= 15 is 0 Å². The summed E-state index contributed by atoms with van der Waals surface area (Å²) in [5, 5.41) is 4.88. The Morgan fingerprint density at radius 3 is 2.52 bits per heavy atom. The van der Waals surface area contributed by atoms with E-state index in [1.165, 1.54) is 11.3 Å². The molecule has 1 fully saturated rings. The number of rotatable bonds is 7. The van der Waals surface area contributed by atoms with Crippen LogP contribution in [0.3, 0.4) is 0 Å². The third kappa shape index (κ3) is 4.97. The van der Waals surface area contributed by atoms with Gasteiger partial charge in [-0.3, -0.25) is 9.59 Å². The fraction of sp³-hybridized carbons (Fsp3) is 0.280. The second-order valence-corrected chi connectivity index (χ2v) is 9.15. The molecule has 1 N–H and O–H groups in total. The van der Waals surface area contributed by atoms with Gasteiger partial charge in [0.25, 0.3) is 11.8 Å². The van der Waals surface area contributed by atoms with Crippen molar-refractivity contribution >= 4 is 34.5 Å². The number of nitrogens with zero attached hydrogens (tertiary/aromatic N) is 2. The summed E-state index contributed by atoms with van der Waals surface area (Å²) in [5.41, 5.74) is 4.59. The number of carbonyl (C=O) groups excluding carboxylic acids is 2. The first kappa shape index (κ1) is 21.1. The van der Waals surface area contributed by atoms with Crippen LogP contribution in [0.1, 0.15) is 44.0 Å². The van der Waals surface area contributed by atoms with Gasteiger partial charge in [-0.15, -0.1) is 11.3 Å². The molecule has 31 heavy (non-hydrogen) atoms. The molecule has 0 aliphatic heterocycles. The maximum Gasteiger partial charge on any atom is 0.265 e. The standard InChI is InChI=1S/C25H27N3O2S/c1-17-6-4-7-18(14-17)25(30)28(21-10-11-21)16-19-15-20(9-12-22(19)27(2)3)26-24(29)23-8-5-13-31-23/h4-9,12-15,21H,10-11,16H2,1-3H3,(H,26,29). The Morgan fingerprint density at radius 2 is 1.87 bits per heavy atom. The van der Waals surface area contributed by atoms with Crippen molar-refractivity contribution in [3.8, 4) is 0 Å². The van der Waals surface area contributed by atoms with Gasteiger partial charge in [0.05, 0.1) is 4.88 Å². The fourth-order valence-electron chi connectivity index (χ4n) is 3.71. The van der Waals surface area contributed by atoms with Crippen molar-refractivity contribution in [2.45, 2.75) is 32.4 Å². The molecule has 1 aliphatic carbocycles. The topological polar surface area (TPSA) is 52.7 Å². The van der Waals surface area contributed by atoms with E-state index in [2.05, 4.69) is 5.32 Å². The second kappa shape index (κ2) is 8.94. The smallest absolute Gasteiger partial charge is 0.265 e. The highest BCUT2D eigenvalue weighted by Crippen LogP contribution is 2.33. The van der Waals surface area contributed by atoms with Crippen LogP contribution in [0.15, 0.2) is 60.0 Å². The first-order chi connectivity index (χ1) is 14.9. The Labute approximate surface area is 187 Å². The number of hydrogen-bond acceptors (Lipinski definition) is 4. The Balaban J connectivity index is 1.61. The molecule has 0 atom stereocenters. The molecule has 4 rings (SSSR count). The zero-order valence-electron chi connectivity index (χ0n) is 18.1. The number of aryl methyl sites for hydroxylation is 1. The van der Waals surface area contributed by atoms with Gasteiger partial charge in [0.15, 0.2) is 0 Å². The van der Waals surface area contributed by atoms with E-state index in [9.17, 15) is 9.59 Å². The number of benzene rings is 2. The van der Waals surface area contributed by atoms with Gasteiger partial charge in [-0.1, -0.05) is 23.8 Å². The molecule has 0 spiro atoms. The Hall–Kier alpha value is -3.12. The zero-order valence-corrected chi connectivity index (χ0v) is 18.9. The Kier molecular flexibility index (Phi) is 6.09. The lowest BCUT2D eigenvalue weighted by molar-refractivity contribution is 0.0730. The zero-order chi connectivity index (χ0) is 22.0. The molecule has 0 unspecified atom stereocenters. The minimum atomic E-state index is -0.117. The summed E-state index contributed by atoms with van der Waals surface area (Å²) in [7, 11) is 3.99. The van der Waals surface area contributed by atoms with E-state index in [0.717, 1.165) is 40.9 Å². The van der Waals surface area contributed by atoms with Crippen LogP contribution < -0.4 is 10.2 Å². The predicted octanol–water partition coefficient (Wildman–Crippen LogP) is 5.18. The summed E-state index contributed by atoms with van der Waals surface area (Å²) in [6.45, 7) is 2.51. The maximum atomic E-state index is 13.3. The molecule has 1 aliphatic rings. The Morgan fingerprint density at radius 1 is 1.06 bits per heavy atom. The highest BCUT2D eigenvalue weighted by molar-refractivity contribution is 7.12. The molecule has 6 heteroatoms. The van der Waals surface area contributed by atoms with Gasteiger partial charge in [0, 0.05) is 43.6 Å². The van der Waals surface area contributed by atoms with Crippen LogP contribution in [0.25, 0.3) is 0 Å². The lowest BCUT2D eigenvalue weighted by atomic mass is 10.1. The number of anilines is 2. The average Bonchev–Trinajstić information content (AvgIpc) is 3.43. The molecule has 5 nitrogen and oxygen atoms in total. The monoisotopic (exact) mass is 433 g/mol. The van der Waals surface area contributed by atoms with Crippen molar-refractivity contribution in [1.82, 2.24) is 4.90 Å². The molecule has 1 heterocycles. The van der Waals surface area contributed by atoms with E-state index in [-0.39, 0.29) is 17.9 Å². The SMILES string of the molecule is Cc1cccc(C(=O)N(Cc2cc(NC(=O)c3cccs3)ccc2N(C)C)C2CC2)c1. The van der Waals surface area contributed by atoms with Gasteiger partial charge < -0.3 is 15.1 Å². The first-order valence-corrected chi connectivity index (χ1v) is 11.3. The van der Waals surface area contributed by atoms with Crippen molar-refractivity contribution in [2.75, 3.05) is 24.3 Å². The van der Waals surface area contributed by atoms with E-state index in [1.54, 1.807) is 0 Å². The number of nitrogens with one attached hydrogen (secondary N) is 1. The molecular formula is C25H27N3O2S. The number of thiophene rings is 1. The van der Waals surface area contributed by atoms with Crippen LogP contribution in [0.4, 0.5) is 11.4 Å². The molecule has 2 aromatic carbocycles. The normalized spacial score (nSPS) is 13.0. The van der Waals surface area contributed by atoms with E-state index < -0.39 is 0 Å².